The van der Waals surface area contributed by atoms with Gasteiger partial charge in [0.15, 0.2) is 0 Å². The normalized spacial score (nSPS) is 37.1. The van der Waals surface area contributed by atoms with E-state index < -0.39 is 33.4 Å². The first kappa shape index (κ1) is 26.3. The van der Waals surface area contributed by atoms with Crippen LogP contribution in [0.3, 0.4) is 0 Å². The van der Waals surface area contributed by atoms with E-state index in [1.165, 1.54) is 0 Å². The molecule has 4 rings (SSSR count). The van der Waals surface area contributed by atoms with E-state index in [4.69, 9.17) is 4.74 Å². The molecular formula is C27H40N2O5S. The third kappa shape index (κ3) is 4.35. The van der Waals surface area contributed by atoms with Gasteiger partial charge in [-0.2, -0.15) is 0 Å². The second-order valence-corrected chi connectivity index (χ2v) is 13.1. The Hall–Kier alpha value is -1.80. The van der Waals surface area contributed by atoms with Crippen LogP contribution in [0.1, 0.15) is 60.3 Å². The highest BCUT2D eigenvalue weighted by Crippen LogP contribution is 2.65. The Bertz CT molecular complexity index is 917. The van der Waals surface area contributed by atoms with Crippen molar-refractivity contribution in [1.82, 2.24) is 9.80 Å². The zero-order valence-corrected chi connectivity index (χ0v) is 22.4. The molecule has 0 bridgehead atoms. The number of rotatable bonds is 5. The summed E-state index contributed by atoms with van der Waals surface area (Å²) in [5.74, 6) is -1.90. The second-order valence-electron chi connectivity index (χ2n) is 11.3. The molecule has 0 radical (unpaired) electrons. The van der Waals surface area contributed by atoms with E-state index in [0.717, 1.165) is 19.3 Å². The second kappa shape index (κ2) is 9.92. The average molecular weight is 505 g/mol. The molecule has 7 nitrogen and oxygen atoms in total. The minimum absolute atomic E-state index is 0.0384. The summed E-state index contributed by atoms with van der Waals surface area (Å²) in [6, 6.07) is -1.31. The molecule has 35 heavy (non-hydrogen) atoms. The van der Waals surface area contributed by atoms with Crippen LogP contribution in [0.2, 0.25) is 0 Å². The van der Waals surface area contributed by atoms with Crippen molar-refractivity contribution in [3.05, 3.63) is 24.3 Å². The molecule has 0 aromatic carbocycles. The fourth-order valence-electron chi connectivity index (χ4n) is 6.43. The predicted octanol–water partition coefficient (Wildman–Crippen LogP) is 3.17. The number of ether oxygens (including phenoxy) is 1. The van der Waals surface area contributed by atoms with Crippen molar-refractivity contribution in [1.29, 1.82) is 0 Å². The van der Waals surface area contributed by atoms with Gasteiger partial charge in [-0.1, -0.05) is 38.2 Å². The van der Waals surface area contributed by atoms with E-state index in [0.29, 0.717) is 19.6 Å². The minimum Gasteiger partial charge on any atom is -0.465 e. The van der Waals surface area contributed by atoms with Crippen molar-refractivity contribution >= 4 is 29.5 Å². The molecular weight excluding hydrogens is 464 g/mol. The highest BCUT2D eigenvalue weighted by molar-refractivity contribution is 8.02. The van der Waals surface area contributed by atoms with Crippen molar-refractivity contribution in [2.75, 3.05) is 19.8 Å². The van der Waals surface area contributed by atoms with Gasteiger partial charge >= 0.3 is 5.97 Å². The predicted molar refractivity (Wildman–Crippen MR) is 137 cm³/mol. The van der Waals surface area contributed by atoms with Crippen LogP contribution in [0.25, 0.3) is 0 Å². The zero-order valence-electron chi connectivity index (χ0n) is 21.6. The summed E-state index contributed by atoms with van der Waals surface area (Å²) in [5, 5.41) is 10.4. The highest BCUT2D eigenvalue weighted by atomic mass is 32.2. The molecule has 1 unspecified atom stereocenters. The number of cyclic esters (lactones) is 1. The van der Waals surface area contributed by atoms with Crippen LogP contribution in [-0.4, -0.2) is 80.1 Å². The molecule has 0 aliphatic carbocycles. The molecule has 8 heteroatoms. The van der Waals surface area contributed by atoms with Gasteiger partial charge in [-0.15, -0.1) is 11.8 Å². The molecule has 0 aromatic heterocycles. The fourth-order valence-corrected chi connectivity index (χ4v) is 8.57. The van der Waals surface area contributed by atoms with Crippen LogP contribution in [-0.2, 0) is 19.1 Å². The number of carbonyl (C=O) groups is 3. The third-order valence-corrected chi connectivity index (χ3v) is 9.74. The lowest BCUT2D eigenvalue weighted by atomic mass is 9.74. The maximum absolute atomic E-state index is 14.3. The number of aliphatic hydroxyl groups excluding tert-OH is 1. The number of hydrogen-bond acceptors (Lipinski definition) is 6. The fraction of sp³-hybridized carbons (Fsp3) is 0.741. The van der Waals surface area contributed by atoms with Crippen molar-refractivity contribution in [2.45, 2.75) is 87.9 Å². The molecule has 4 aliphatic heterocycles. The summed E-state index contributed by atoms with van der Waals surface area (Å²) in [6.45, 7) is 10.6. The topological polar surface area (TPSA) is 87.2 Å². The first-order valence-corrected chi connectivity index (χ1v) is 13.8. The number of likely N-dealkylation sites (tertiary alicyclic amines) is 1. The SMILES string of the molecule is CC(C)C[C@H](CO)N1C(=O)[C@@H]2[C@@H]3C(=O)OCCCC/C=C\[C@]3(C)S[C@@]23C=CCN(C(C)C)C(=O)C13. The maximum atomic E-state index is 14.3. The van der Waals surface area contributed by atoms with Crippen LogP contribution in [0.4, 0.5) is 0 Å². The molecule has 1 spiro atoms. The van der Waals surface area contributed by atoms with Gasteiger partial charge in [0.1, 0.15) is 6.04 Å². The molecule has 2 amide bonds. The molecule has 1 N–H and O–H groups in total. The van der Waals surface area contributed by atoms with Crippen LogP contribution < -0.4 is 0 Å². The summed E-state index contributed by atoms with van der Waals surface area (Å²) in [5.41, 5.74) is 0. The first-order chi connectivity index (χ1) is 16.6. The van der Waals surface area contributed by atoms with Crippen LogP contribution >= 0.6 is 11.8 Å². The standard InChI is InChI=1S/C27H40N2O5S/c1-17(2)15-19(16-30)29-22-24(32)28(18(3)4)13-10-12-27(22)20(23(29)31)21-25(33)34-14-9-7-6-8-11-26(21,5)35-27/h8,10-12,17-22,30H,6-7,9,13-16H2,1-5H3/b11-8-/t19-,20+,21-,22?,26+,27+/m1/s1. The number of carbonyl (C=O) groups excluding carboxylic acids is 3. The highest BCUT2D eigenvalue weighted by Gasteiger charge is 2.74. The number of amides is 2. The van der Waals surface area contributed by atoms with E-state index in [9.17, 15) is 19.5 Å². The van der Waals surface area contributed by atoms with Crippen LogP contribution in [0.15, 0.2) is 24.3 Å². The molecule has 4 heterocycles. The van der Waals surface area contributed by atoms with E-state index in [2.05, 4.69) is 12.2 Å². The van der Waals surface area contributed by atoms with E-state index in [1.807, 2.05) is 46.8 Å². The number of fused-ring (bicyclic) bond motifs is 2. The number of esters is 1. The van der Waals surface area contributed by atoms with Crippen molar-refractivity contribution in [2.24, 2.45) is 17.8 Å². The first-order valence-electron chi connectivity index (χ1n) is 13.0. The monoisotopic (exact) mass is 504 g/mol. The third-order valence-electron chi connectivity index (χ3n) is 7.94. The quantitative estimate of drug-likeness (QED) is 0.457. The molecule has 194 valence electrons. The van der Waals surface area contributed by atoms with Gasteiger partial charge in [-0.25, -0.2) is 0 Å². The molecule has 2 saturated heterocycles. The van der Waals surface area contributed by atoms with Crippen molar-refractivity contribution in [3.8, 4) is 0 Å². The van der Waals surface area contributed by atoms with E-state index in [-0.39, 0.29) is 36.4 Å². The zero-order chi connectivity index (χ0) is 25.5. The Morgan fingerprint density at radius 3 is 2.49 bits per heavy atom. The number of aliphatic hydroxyl groups is 1. The Morgan fingerprint density at radius 2 is 1.83 bits per heavy atom. The summed E-state index contributed by atoms with van der Waals surface area (Å²) in [4.78, 5) is 45.5. The lowest BCUT2D eigenvalue weighted by molar-refractivity contribution is -0.155. The van der Waals surface area contributed by atoms with Gasteiger partial charge in [0.2, 0.25) is 11.8 Å². The number of thioether (sulfide) groups is 1. The van der Waals surface area contributed by atoms with Gasteiger partial charge in [0.25, 0.3) is 0 Å². The van der Waals surface area contributed by atoms with Crippen LogP contribution in [0.5, 0.6) is 0 Å². The van der Waals surface area contributed by atoms with Gasteiger partial charge in [0.05, 0.1) is 35.8 Å². The van der Waals surface area contributed by atoms with Gasteiger partial charge in [0, 0.05) is 17.3 Å². The molecule has 6 atom stereocenters. The Balaban J connectivity index is 1.89. The van der Waals surface area contributed by atoms with Gasteiger partial charge < -0.3 is 19.6 Å². The van der Waals surface area contributed by atoms with Gasteiger partial charge in [-0.3, -0.25) is 14.4 Å². The summed E-state index contributed by atoms with van der Waals surface area (Å²) in [7, 11) is 0. The summed E-state index contributed by atoms with van der Waals surface area (Å²) in [6.07, 6.45) is 11.4. The van der Waals surface area contributed by atoms with Gasteiger partial charge in [-0.05, 0) is 52.4 Å². The Kier molecular flexibility index (Phi) is 7.45. The molecule has 0 saturated carbocycles. The Labute approximate surface area is 213 Å². The van der Waals surface area contributed by atoms with Crippen LogP contribution in [0, 0.1) is 17.8 Å². The van der Waals surface area contributed by atoms with Crippen molar-refractivity contribution in [3.63, 3.8) is 0 Å². The largest absolute Gasteiger partial charge is 0.465 e. The maximum Gasteiger partial charge on any atom is 0.311 e. The summed E-state index contributed by atoms with van der Waals surface area (Å²) < 4.78 is 4.13. The lowest BCUT2D eigenvalue weighted by Gasteiger charge is -2.41. The van der Waals surface area contributed by atoms with Crippen molar-refractivity contribution < 1.29 is 24.2 Å². The minimum atomic E-state index is -0.904. The van der Waals surface area contributed by atoms with E-state index >= 15 is 0 Å². The molecule has 4 aliphatic rings. The summed E-state index contributed by atoms with van der Waals surface area (Å²) >= 11 is 1.56. The number of allylic oxidation sites excluding steroid dienone is 1. The molecule has 0 aromatic rings. The Morgan fingerprint density at radius 1 is 1.09 bits per heavy atom. The average Bonchev–Trinajstić information content (AvgIpc) is 3.11. The smallest absolute Gasteiger partial charge is 0.311 e. The number of nitrogens with zero attached hydrogens (tertiary/aromatic N) is 2. The lowest BCUT2D eigenvalue weighted by Crippen LogP contribution is -2.57. The van der Waals surface area contributed by atoms with E-state index in [1.54, 1.807) is 21.6 Å². The number of hydrogen-bond donors (Lipinski definition) is 1. The molecule has 2 fully saturated rings.